The Labute approximate surface area is 148 Å². The van der Waals surface area contributed by atoms with E-state index in [2.05, 4.69) is 20.6 Å². The standard InChI is InChI=1S/C17H17FN4O2S/c1-17(2,3)24-16(23)22-15-21-12-6-5-11(8-13(12)25-15)20-14-7-4-10(18)9-19-14/h4-9H,1-3H3,(H,19,20)(H,21,22,23). The molecular formula is C17H17FN4O2S. The van der Waals surface area contributed by atoms with Crippen LogP contribution in [0.4, 0.5) is 25.8 Å². The predicted octanol–water partition coefficient (Wildman–Crippen LogP) is 4.92. The molecule has 2 aromatic heterocycles. The molecule has 0 radical (unpaired) electrons. The van der Waals surface area contributed by atoms with Gasteiger partial charge in [0.25, 0.3) is 0 Å². The maximum atomic E-state index is 12.9. The maximum Gasteiger partial charge on any atom is 0.413 e. The van der Waals surface area contributed by atoms with Crippen LogP contribution in [0.2, 0.25) is 0 Å². The number of ether oxygens (including phenoxy) is 1. The SMILES string of the molecule is CC(C)(C)OC(=O)Nc1nc2ccc(Nc3ccc(F)cn3)cc2s1. The van der Waals surface area contributed by atoms with Crippen molar-refractivity contribution >= 4 is 44.3 Å². The minimum absolute atomic E-state index is 0.388. The third-order valence-corrected chi connectivity index (χ3v) is 3.93. The zero-order chi connectivity index (χ0) is 18.0. The number of hydrogen-bond acceptors (Lipinski definition) is 6. The highest BCUT2D eigenvalue weighted by Gasteiger charge is 2.17. The Morgan fingerprint density at radius 2 is 2.04 bits per heavy atom. The van der Waals surface area contributed by atoms with Gasteiger partial charge in [-0.2, -0.15) is 0 Å². The zero-order valence-electron chi connectivity index (χ0n) is 14.0. The highest BCUT2D eigenvalue weighted by Crippen LogP contribution is 2.29. The summed E-state index contributed by atoms with van der Waals surface area (Å²) >= 11 is 1.34. The minimum Gasteiger partial charge on any atom is -0.444 e. The van der Waals surface area contributed by atoms with Crippen molar-refractivity contribution in [3.63, 3.8) is 0 Å². The molecule has 0 atom stereocenters. The number of anilines is 3. The van der Waals surface area contributed by atoms with Gasteiger partial charge in [-0.25, -0.2) is 19.2 Å². The first-order valence-corrected chi connectivity index (χ1v) is 8.39. The average molecular weight is 360 g/mol. The van der Waals surface area contributed by atoms with E-state index in [4.69, 9.17) is 4.74 Å². The van der Waals surface area contributed by atoms with Crippen molar-refractivity contribution in [1.29, 1.82) is 0 Å². The first-order valence-electron chi connectivity index (χ1n) is 7.58. The fourth-order valence-corrected chi connectivity index (χ4v) is 2.94. The quantitative estimate of drug-likeness (QED) is 0.693. The molecule has 0 unspecified atom stereocenters. The lowest BCUT2D eigenvalue weighted by molar-refractivity contribution is 0.0636. The van der Waals surface area contributed by atoms with Crippen LogP contribution in [0.5, 0.6) is 0 Å². The molecule has 3 rings (SSSR count). The number of hydrogen-bond donors (Lipinski definition) is 2. The number of thiazole rings is 1. The van der Waals surface area contributed by atoms with Gasteiger partial charge in [0.1, 0.15) is 17.2 Å². The van der Waals surface area contributed by atoms with E-state index < -0.39 is 11.7 Å². The van der Waals surface area contributed by atoms with Gasteiger partial charge in [0.2, 0.25) is 0 Å². The summed E-state index contributed by atoms with van der Waals surface area (Å²) in [6.07, 6.45) is 0.608. The van der Waals surface area contributed by atoms with E-state index in [-0.39, 0.29) is 5.82 Å². The molecule has 130 valence electrons. The monoisotopic (exact) mass is 360 g/mol. The predicted molar refractivity (Wildman–Crippen MR) is 97.0 cm³/mol. The van der Waals surface area contributed by atoms with Crippen molar-refractivity contribution in [2.75, 3.05) is 10.6 Å². The van der Waals surface area contributed by atoms with E-state index in [1.807, 2.05) is 18.2 Å². The summed E-state index contributed by atoms with van der Waals surface area (Å²) in [6.45, 7) is 5.39. The molecule has 2 N–H and O–H groups in total. The third kappa shape index (κ3) is 4.63. The van der Waals surface area contributed by atoms with Crippen molar-refractivity contribution in [2.45, 2.75) is 26.4 Å². The number of benzene rings is 1. The van der Waals surface area contributed by atoms with Gasteiger partial charge in [-0.05, 0) is 51.1 Å². The summed E-state index contributed by atoms with van der Waals surface area (Å²) in [4.78, 5) is 20.1. The second-order valence-electron chi connectivity index (χ2n) is 6.32. The van der Waals surface area contributed by atoms with Crippen LogP contribution in [-0.2, 0) is 4.74 Å². The Morgan fingerprint density at radius 1 is 1.24 bits per heavy atom. The fourth-order valence-electron chi connectivity index (χ4n) is 2.04. The zero-order valence-corrected chi connectivity index (χ0v) is 14.8. The molecular weight excluding hydrogens is 343 g/mol. The normalized spacial score (nSPS) is 11.4. The van der Waals surface area contributed by atoms with Gasteiger partial charge in [0.05, 0.1) is 16.4 Å². The molecule has 1 amide bonds. The second kappa shape index (κ2) is 6.64. The van der Waals surface area contributed by atoms with Crippen LogP contribution >= 0.6 is 11.3 Å². The Morgan fingerprint density at radius 3 is 2.72 bits per heavy atom. The lowest BCUT2D eigenvalue weighted by atomic mass is 10.2. The number of amides is 1. The number of fused-ring (bicyclic) bond motifs is 1. The summed E-state index contributed by atoms with van der Waals surface area (Å²) in [5.74, 6) is 0.152. The second-order valence-corrected chi connectivity index (χ2v) is 7.35. The number of pyridine rings is 1. The summed E-state index contributed by atoms with van der Waals surface area (Å²) in [5.41, 5.74) is 0.979. The number of carbonyl (C=O) groups is 1. The minimum atomic E-state index is -0.569. The molecule has 0 aliphatic heterocycles. The summed E-state index contributed by atoms with van der Waals surface area (Å²) in [6, 6.07) is 8.45. The average Bonchev–Trinajstić information content (AvgIpc) is 2.89. The first-order chi connectivity index (χ1) is 11.8. The molecule has 0 fully saturated rings. The Balaban J connectivity index is 1.75. The summed E-state index contributed by atoms with van der Waals surface area (Å²) < 4.78 is 19.0. The number of halogens is 1. The highest BCUT2D eigenvalue weighted by atomic mass is 32.1. The van der Waals surface area contributed by atoms with E-state index in [1.165, 1.54) is 17.4 Å². The smallest absolute Gasteiger partial charge is 0.413 e. The van der Waals surface area contributed by atoms with Gasteiger partial charge in [-0.3, -0.25) is 5.32 Å². The molecule has 0 aliphatic rings. The molecule has 25 heavy (non-hydrogen) atoms. The largest absolute Gasteiger partial charge is 0.444 e. The van der Waals surface area contributed by atoms with Crippen LogP contribution in [0, 0.1) is 5.82 Å². The van der Waals surface area contributed by atoms with E-state index >= 15 is 0 Å². The van der Waals surface area contributed by atoms with E-state index in [9.17, 15) is 9.18 Å². The highest BCUT2D eigenvalue weighted by molar-refractivity contribution is 7.22. The van der Waals surface area contributed by atoms with Crippen molar-refractivity contribution < 1.29 is 13.9 Å². The summed E-state index contributed by atoms with van der Waals surface area (Å²) in [5, 5.41) is 6.19. The van der Waals surface area contributed by atoms with Crippen molar-refractivity contribution in [2.24, 2.45) is 0 Å². The lowest BCUT2D eigenvalue weighted by Crippen LogP contribution is -2.27. The van der Waals surface area contributed by atoms with Crippen LogP contribution in [0.3, 0.4) is 0 Å². The first kappa shape index (κ1) is 17.1. The van der Waals surface area contributed by atoms with Crippen molar-refractivity contribution in [3.05, 3.63) is 42.3 Å². The van der Waals surface area contributed by atoms with E-state index in [0.717, 1.165) is 22.1 Å². The van der Waals surface area contributed by atoms with Gasteiger partial charge in [0.15, 0.2) is 5.13 Å². The number of nitrogens with zero attached hydrogens (tertiary/aromatic N) is 2. The van der Waals surface area contributed by atoms with Crippen LogP contribution in [0.15, 0.2) is 36.5 Å². The molecule has 0 saturated heterocycles. The number of aromatic nitrogens is 2. The molecule has 8 heteroatoms. The Kier molecular flexibility index (Phi) is 4.54. The van der Waals surface area contributed by atoms with Crippen LogP contribution in [0.1, 0.15) is 20.8 Å². The molecule has 0 aliphatic carbocycles. The van der Waals surface area contributed by atoms with Crippen molar-refractivity contribution in [3.8, 4) is 0 Å². The maximum absolute atomic E-state index is 12.9. The van der Waals surface area contributed by atoms with Crippen LogP contribution in [-0.4, -0.2) is 21.7 Å². The molecule has 3 aromatic rings. The van der Waals surface area contributed by atoms with E-state index in [0.29, 0.717) is 10.9 Å². The van der Waals surface area contributed by atoms with E-state index in [1.54, 1.807) is 26.8 Å². The fraction of sp³-hybridized carbons (Fsp3) is 0.235. The number of nitrogens with one attached hydrogen (secondary N) is 2. The molecule has 0 spiro atoms. The molecule has 0 saturated carbocycles. The van der Waals surface area contributed by atoms with Crippen LogP contribution < -0.4 is 10.6 Å². The van der Waals surface area contributed by atoms with Crippen molar-refractivity contribution in [1.82, 2.24) is 9.97 Å². The molecule has 0 bridgehead atoms. The van der Waals surface area contributed by atoms with Gasteiger partial charge in [-0.15, -0.1) is 0 Å². The molecule has 6 nitrogen and oxygen atoms in total. The van der Waals surface area contributed by atoms with Gasteiger partial charge < -0.3 is 10.1 Å². The number of rotatable bonds is 3. The Hall–Kier alpha value is -2.74. The van der Waals surface area contributed by atoms with Crippen LogP contribution in [0.25, 0.3) is 10.2 Å². The van der Waals surface area contributed by atoms with Gasteiger partial charge >= 0.3 is 6.09 Å². The molecule has 1 aromatic carbocycles. The molecule has 2 heterocycles. The van der Waals surface area contributed by atoms with Gasteiger partial charge in [0, 0.05) is 5.69 Å². The summed E-state index contributed by atoms with van der Waals surface area (Å²) in [7, 11) is 0. The Bertz CT molecular complexity index is 903. The lowest BCUT2D eigenvalue weighted by Gasteiger charge is -2.18. The third-order valence-electron chi connectivity index (χ3n) is 3.00. The van der Waals surface area contributed by atoms with Gasteiger partial charge in [-0.1, -0.05) is 11.3 Å². The number of carbonyl (C=O) groups excluding carboxylic acids is 1. The topological polar surface area (TPSA) is 76.1 Å².